The van der Waals surface area contributed by atoms with Crippen LogP contribution in [0.5, 0.6) is 0 Å². The van der Waals surface area contributed by atoms with Gasteiger partial charge in [-0.1, -0.05) is 0 Å². The molecule has 3 rings (SSSR count). The zero-order valence-electron chi connectivity index (χ0n) is 8.55. The van der Waals surface area contributed by atoms with Gasteiger partial charge in [0, 0.05) is 0 Å². The van der Waals surface area contributed by atoms with Crippen molar-refractivity contribution in [1.82, 2.24) is 4.98 Å². The SMILES string of the molecule is [Se]c1nc2ccccc2cc1C1OCCO1. The van der Waals surface area contributed by atoms with Crippen molar-refractivity contribution < 1.29 is 9.47 Å². The Labute approximate surface area is 102 Å². The average molecular weight is 279 g/mol. The van der Waals surface area contributed by atoms with Crippen LogP contribution in [0.25, 0.3) is 10.9 Å². The summed E-state index contributed by atoms with van der Waals surface area (Å²) in [5.74, 6) is 0. The van der Waals surface area contributed by atoms with E-state index >= 15 is 0 Å². The van der Waals surface area contributed by atoms with Crippen molar-refractivity contribution in [1.29, 1.82) is 0 Å². The van der Waals surface area contributed by atoms with Crippen LogP contribution >= 0.6 is 0 Å². The molecule has 0 N–H and O–H groups in total. The summed E-state index contributed by atoms with van der Waals surface area (Å²) in [7, 11) is 0. The van der Waals surface area contributed by atoms with Crippen LogP contribution in [0.15, 0.2) is 30.3 Å². The Kier molecular flexibility index (Phi) is 2.65. The molecule has 0 aliphatic carbocycles. The van der Waals surface area contributed by atoms with Crippen molar-refractivity contribution in [2.75, 3.05) is 13.2 Å². The minimum absolute atomic E-state index is 0.270. The number of rotatable bonds is 1. The summed E-state index contributed by atoms with van der Waals surface area (Å²) in [6, 6.07) is 10.1. The van der Waals surface area contributed by atoms with Gasteiger partial charge in [0.2, 0.25) is 0 Å². The number of nitrogens with zero attached hydrogens (tertiary/aromatic N) is 1. The van der Waals surface area contributed by atoms with Crippen molar-refractivity contribution in [3.05, 3.63) is 35.9 Å². The Bertz CT molecular complexity index is 523. The van der Waals surface area contributed by atoms with Crippen molar-refractivity contribution in [3.63, 3.8) is 0 Å². The molecule has 0 bridgehead atoms. The van der Waals surface area contributed by atoms with Gasteiger partial charge < -0.3 is 0 Å². The first-order valence-corrected chi connectivity index (χ1v) is 6.00. The molecular weight excluding hydrogens is 269 g/mol. The van der Waals surface area contributed by atoms with Crippen LogP contribution in [0.3, 0.4) is 0 Å². The van der Waals surface area contributed by atoms with E-state index < -0.39 is 0 Å². The molecule has 1 aromatic carbocycles. The van der Waals surface area contributed by atoms with Crippen LogP contribution in [0, 0.1) is 0 Å². The fraction of sp³-hybridized carbons (Fsp3) is 0.250. The van der Waals surface area contributed by atoms with E-state index in [-0.39, 0.29) is 6.29 Å². The van der Waals surface area contributed by atoms with Crippen molar-refractivity contribution in [3.8, 4) is 0 Å². The molecule has 1 aliphatic rings. The fourth-order valence-electron chi connectivity index (χ4n) is 1.82. The molecule has 0 amide bonds. The van der Waals surface area contributed by atoms with Gasteiger partial charge in [0.15, 0.2) is 0 Å². The first-order chi connectivity index (χ1) is 7.84. The Morgan fingerprint density at radius 3 is 2.75 bits per heavy atom. The monoisotopic (exact) mass is 280 g/mol. The Balaban J connectivity index is 2.13. The van der Waals surface area contributed by atoms with E-state index in [1.54, 1.807) is 0 Å². The van der Waals surface area contributed by atoms with Gasteiger partial charge >= 0.3 is 101 Å². The third kappa shape index (κ3) is 1.74. The van der Waals surface area contributed by atoms with Gasteiger partial charge in [-0.3, -0.25) is 0 Å². The number of benzene rings is 1. The maximum atomic E-state index is 5.49. The van der Waals surface area contributed by atoms with E-state index in [9.17, 15) is 0 Å². The molecule has 1 fully saturated rings. The quantitative estimate of drug-likeness (QED) is 0.732. The normalized spacial score (nSPS) is 17.0. The maximum absolute atomic E-state index is 5.49. The molecule has 1 saturated heterocycles. The Morgan fingerprint density at radius 2 is 1.94 bits per heavy atom. The van der Waals surface area contributed by atoms with E-state index in [0.717, 1.165) is 21.1 Å². The molecule has 16 heavy (non-hydrogen) atoms. The summed E-state index contributed by atoms with van der Waals surface area (Å²) in [5, 5.41) is 1.11. The van der Waals surface area contributed by atoms with E-state index in [1.807, 2.05) is 24.3 Å². The molecule has 81 valence electrons. The van der Waals surface area contributed by atoms with E-state index in [0.29, 0.717) is 13.2 Å². The zero-order valence-corrected chi connectivity index (χ0v) is 10.3. The second kappa shape index (κ2) is 4.15. The fourth-order valence-corrected chi connectivity index (χ4v) is 2.35. The van der Waals surface area contributed by atoms with Crippen molar-refractivity contribution in [2.45, 2.75) is 6.29 Å². The molecule has 3 nitrogen and oxygen atoms in total. The predicted octanol–water partition coefficient (Wildman–Crippen LogP) is 1.07. The van der Waals surface area contributed by atoms with Crippen LogP contribution in [0.4, 0.5) is 0 Å². The summed E-state index contributed by atoms with van der Waals surface area (Å²) in [6.07, 6.45) is -0.270. The second-order valence-corrected chi connectivity index (χ2v) is 4.46. The van der Waals surface area contributed by atoms with Crippen molar-refractivity contribution >= 4 is 31.5 Å². The number of fused-ring (bicyclic) bond motifs is 1. The first kappa shape index (κ1) is 10.2. The van der Waals surface area contributed by atoms with Gasteiger partial charge in [-0.15, -0.1) is 0 Å². The first-order valence-electron chi connectivity index (χ1n) is 5.14. The topological polar surface area (TPSA) is 31.4 Å². The average Bonchev–Trinajstić information content (AvgIpc) is 2.81. The van der Waals surface area contributed by atoms with Gasteiger partial charge in [-0.25, -0.2) is 0 Å². The summed E-state index contributed by atoms with van der Waals surface area (Å²) in [6.45, 7) is 1.30. The van der Waals surface area contributed by atoms with E-state index in [4.69, 9.17) is 9.47 Å². The molecule has 2 aromatic rings. The van der Waals surface area contributed by atoms with Gasteiger partial charge in [-0.2, -0.15) is 0 Å². The third-order valence-electron chi connectivity index (χ3n) is 2.59. The summed E-state index contributed by atoms with van der Waals surface area (Å²) < 4.78 is 11.8. The summed E-state index contributed by atoms with van der Waals surface area (Å²) >= 11 is 2.97. The van der Waals surface area contributed by atoms with Crippen LogP contribution < -0.4 is 4.59 Å². The molecule has 0 spiro atoms. The van der Waals surface area contributed by atoms with Crippen molar-refractivity contribution in [2.24, 2.45) is 0 Å². The third-order valence-corrected chi connectivity index (χ3v) is 3.28. The van der Waals surface area contributed by atoms with E-state index in [1.165, 1.54) is 0 Å². The molecular formula is C12H10NO2Se. The van der Waals surface area contributed by atoms with Gasteiger partial charge in [-0.05, 0) is 0 Å². The minimum atomic E-state index is -0.270. The number of para-hydroxylation sites is 1. The molecule has 2 heterocycles. The Morgan fingerprint density at radius 1 is 1.19 bits per heavy atom. The van der Waals surface area contributed by atoms with Gasteiger partial charge in [0.1, 0.15) is 0 Å². The summed E-state index contributed by atoms with van der Waals surface area (Å²) in [5.41, 5.74) is 1.97. The molecule has 0 unspecified atom stereocenters. The van der Waals surface area contributed by atoms with Crippen LogP contribution in [0.2, 0.25) is 0 Å². The predicted molar refractivity (Wildman–Crippen MR) is 61.8 cm³/mol. The molecule has 1 aromatic heterocycles. The molecule has 0 saturated carbocycles. The number of ether oxygens (including phenoxy) is 2. The number of hydrogen-bond acceptors (Lipinski definition) is 3. The van der Waals surface area contributed by atoms with E-state index in [2.05, 4.69) is 27.1 Å². The van der Waals surface area contributed by atoms with Crippen LogP contribution in [0.1, 0.15) is 11.9 Å². The zero-order chi connectivity index (χ0) is 11.0. The van der Waals surface area contributed by atoms with Gasteiger partial charge in [0.05, 0.1) is 0 Å². The number of pyridine rings is 1. The second-order valence-electron chi connectivity index (χ2n) is 3.65. The molecule has 0 atom stereocenters. The molecule has 1 aliphatic heterocycles. The summed E-state index contributed by atoms with van der Waals surface area (Å²) in [4.78, 5) is 4.50. The molecule has 1 radical (unpaired) electrons. The van der Waals surface area contributed by atoms with Crippen LogP contribution in [-0.4, -0.2) is 34.2 Å². The van der Waals surface area contributed by atoms with Gasteiger partial charge in [0.25, 0.3) is 0 Å². The standard InChI is InChI=1S/C12H10NO2Se/c16-11-9(12-14-5-6-15-12)7-8-3-1-2-4-10(8)13-11/h1-4,7,12H,5-6H2. The number of aromatic nitrogens is 1. The van der Waals surface area contributed by atoms with Crippen LogP contribution in [-0.2, 0) is 9.47 Å². The molecule has 4 heteroatoms. The number of hydrogen-bond donors (Lipinski definition) is 0. The Hall–Kier alpha value is -0.931.